The van der Waals surface area contributed by atoms with E-state index in [-0.39, 0.29) is 114 Å². The Bertz CT molecular complexity index is 1590. The average Bonchev–Trinajstić information content (AvgIpc) is 3.25. The quantitative estimate of drug-likeness (QED) is 0.0605. The van der Waals surface area contributed by atoms with Crippen molar-refractivity contribution in [3.8, 4) is 0 Å². The highest BCUT2D eigenvalue weighted by molar-refractivity contribution is 5.98. The SMILES string of the molecule is CCCCCCCC(=O)N[C@H](CN)C(=O)C[C@H]1CCNC(=O)[C@H](CC(C)C)NC(=O)[C@H](CCN)NC(=O)[C@H](CCN)NC(=O)[C@H](CC(C)C)NC(=O)[C@@H](CC(C)C)CC(=O)[C@H](CCN)NC1=O. The van der Waals surface area contributed by atoms with Crippen LogP contribution in [0.4, 0.5) is 0 Å². The van der Waals surface area contributed by atoms with Gasteiger partial charge < -0.3 is 60.2 Å². The fourth-order valence-corrected chi connectivity index (χ4v) is 8.02. The van der Waals surface area contributed by atoms with E-state index in [2.05, 4.69) is 44.1 Å². The molecule has 0 saturated carbocycles. The van der Waals surface area contributed by atoms with Crippen LogP contribution in [0.3, 0.4) is 0 Å². The summed E-state index contributed by atoms with van der Waals surface area (Å²) in [7, 11) is 0. The van der Waals surface area contributed by atoms with Crippen LogP contribution in [0.2, 0.25) is 0 Å². The maximum Gasteiger partial charge on any atom is 0.243 e. The zero-order valence-corrected chi connectivity index (χ0v) is 41.5. The first-order valence-electron chi connectivity index (χ1n) is 24.7. The lowest BCUT2D eigenvalue weighted by molar-refractivity contribution is -0.136. The number of nitrogens with one attached hydrogen (secondary N) is 7. The van der Waals surface area contributed by atoms with Crippen LogP contribution in [-0.4, -0.2) is 122 Å². The Morgan fingerprint density at radius 1 is 0.567 bits per heavy atom. The van der Waals surface area contributed by atoms with Crippen LogP contribution in [0.15, 0.2) is 0 Å². The van der Waals surface area contributed by atoms with Crippen molar-refractivity contribution in [2.45, 2.75) is 181 Å². The topological polar surface area (TPSA) is 342 Å². The summed E-state index contributed by atoms with van der Waals surface area (Å²) in [6.45, 7) is 12.9. The molecule has 0 aromatic rings. The van der Waals surface area contributed by atoms with Crippen molar-refractivity contribution in [1.29, 1.82) is 0 Å². The van der Waals surface area contributed by atoms with Crippen LogP contribution in [0.5, 0.6) is 0 Å². The highest BCUT2D eigenvalue weighted by atomic mass is 16.2. The Balaban J connectivity index is 3.80. The summed E-state index contributed by atoms with van der Waals surface area (Å²) in [5.74, 6) is -7.64. The molecular weight excluding hydrogens is 863 g/mol. The van der Waals surface area contributed by atoms with Gasteiger partial charge in [0.2, 0.25) is 41.4 Å². The highest BCUT2D eigenvalue weighted by Crippen LogP contribution is 2.20. The average molecular weight is 950 g/mol. The first kappa shape index (κ1) is 60.5. The van der Waals surface area contributed by atoms with Gasteiger partial charge in [-0.2, -0.15) is 0 Å². The monoisotopic (exact) mass is 950 g/mol. The van der Waals surface area contributed by atoms with E-state index in [9.17, 15) is 43.2 Å². The number of hydrogen-bond donors (Lipinski definition) is 11. The maximum atomic E-state index is 14.2. The van der Waals surface area contributed by atoms with E-state index in [1.54, 1.807) is 0 Å². The molecule has 384 valence electrons. The molecule has 20 nitrogen and oxygen atoms in total. The van der Waals surface area contributed by atoms with Gasteiger partial charge in [-0.3, -0.25) is 43.2 Å². The van der Waals surface area contributed by atoms with Gasteiger partial charge in [0.05, 0.1) is 12.1 Å². The van der Waals surface area contributed by atoms with E-state index in [1.807, 2.05) is 41.5 Å². The highest BCUT2D eigenvalue weighted by Gasteiger charge is 2.36. The zero-order chi connectivity index (χ0) is 50.6. The lowest BCUT2D eigenvalue weighted by Crippen LogP contribution is -2.59. The van der Waals surface area contributed by atoms with Gasteiger partial charge in [0.25, 0.3) is 0 Å². The Morgan fingerprint density at radius 3 is 1.52 bits per heavy atom. The minimum atomic E-state index is -1.21. The summed E-state index contributed by atoms with van der Waals surface area (Å²) >= 11 is 0. The van der Waals surface area contributed by atoms with E-state index in [0.29, 0.717) is 6.42 Å². The fourth-order valence-electron chi connectivity index (χ4n) is 8.02. The second-order valence-corrected chi connectivity index (χ2v) is 19.3. The van der Waals surface area contributed by atoms with E-state index in [1.165, 1.54) is 0 Å². The van der Waals surface area contributed by atoms with E-state index in [4.69, 9.17) is 22.9 Å². The summed E-state index contributed by atoms with van der Waals surface area (Å²) < 4.78 is 0. The summed E-state index contributed by atoms with van der Waals surface area (Å²) in [4.78, 5) is 124. The number of carbonyl (C=O) groups is 9. The van der Waals surface area contributed by atoms with Crippen molar-refractivity contribution >= 4 is 52.9 Å². The number of Topliss-reactive ketones (excluding diaryl/α,β-unsaturated/α-hetero) is 2. The molecule has 1 rings (SSSR count). The molecule has 0 unspecified atom stereocenters. The minimum absolute atomic E-state index is 0.00242. The van der Waals surface area contributed by atoms with Crippen LogP contribution >= 0.6 is 0 Å². The largest absolute Gasteiger partial charge is 0.354 e. The van der Waals surface area contributed by atoms with Gasteiger partial charge >= 0.3 is 0 Å². The molecule has 1 fully saturated rings. The van der Waals surface area contributed by atoms with Gasteiger partial charge in [0.1, 0.15) is 24.2 Å². The predicted octanol–water partition coefficient (Wildman–Crippen LogP) is 0.0698. The second kappa shape index (κ2) is 33.0. The van der Waals surface area contributed by atoms with E-state index in [0.717, 1.165) is 25.7 Å². The van der Waals surface area contributed by atoms with E-state index >= 15 is 0 Å². The van der Waals surface area contributed by atoms with Gasteiger partial charge in [-0.05, 0) is 88.8 Å². The summed E-state index contributed by atoms with van der Waals surface area (Å²) in [5, 5.41) is 19.1. The van der Waals surface area contributed by atoms with Crippen LogP contribution in [0, 0.1) is 29.6 Å². The molecule has 0 bridgehead atoms. The maximum absolute atomic E-state index is 14.2. The molecule has 20 heteroatoms. The molecule has 67 heavy (non-hydrogen) atoms. The molecule has 1 aliphatic heterocycles. The van der Waals surface area contributed by atoms with Gasteiger partial charge in [-0.15, -0.1) is 0 Å². The van der Waals surface area contributed by atoms with Crippen LogP contribution in [0.1, 0.15) is 145 Å². The Hall–Kier alpha value is -4.53. The lowest BCUT2D eigenvalue weighted by Gasteiger charge is -2.28. The number of carbonyl (C=O) groups excluding carboxylic acids is 9. The molecule has 8 atom stereocenters. The van der Waals surface area contributed by atoms with Crippen molar-refractivity contribution in [2.75, 3.05) is 32.7 Å². The summed E-state index contributed by atoms with van der Waals surface area (Å²) in [6.07, 6.45) is 4.57. The van der Waals surface area contributed by atoms with Crippen molar-refractivity contribution < 1.29 is 43.2 Å². The third kappa shape index (κ3) is 23.9. The van der Waals surface area contributed by atoms with Crippen molar-refractivity contribution in [1.82, 2.24) is 37.2 Å². The number of rotatable bonds is 23. The molecule has 1 aliphatic rings. The van der Waals surface area contributed by atoms with Crippen LogP contribution in [-0.2, 0) is 43.2 Å². The van der Waals surface area contributed by atoms with E-state index < -0.39 is 102 Å². The Labute approximate surface area is 398 Å². The number of nitrogens with two attached hydrogens (primary N) is 4. The fraction of sp³-hybridized carbons (Fsp3) is 0.809. The van der Waals surface area contributed by atoms with Gasteiger partial charge in [-0.1, -0.05) is 74.1 Å². The van der Waals surface area contributed by atoms with Crippen LogP contribution < -0.4 is 60.2 Å². The van der Waals surface area contributed by atoms with Crippen molar-refractivity contribution in [3.63, 3.8) is 0 Å². The van der Waals surface area contributed by atoms with Crippen molar-refractivity contribution in [2.24, 2.45) is 52.5 Å². The third-order valence-corrected chi connectivity index (χ3v) is 11.7. The molecule has 0 aliphatic carbocycles. The number of ketones is 2. The normalized spacial score (nSPS) is 24.0. The number of unbranched alkanes of at least 4 members (excludes halogenated alkanes) is 4. The minimum Gasteiger partial charge on any atom is -0.354 e. The second-order valence-electron chi connectivity index (χ2n) is 19.3. The Kier molecular flexibility index (Phi) is 29.8. The zero-order valence-electron chi connectivity index (χ0n) is 41.5. The molecule has 0 radical (unpaired) electrons. The molecule has 15 N–H and O–H groups in total. The molecule has 1 heterocycles. The molecule has 7 amide bonds. The lowest BCUT2D eigenvalue weighted by atomic mass is 9.88. The third-order valence-electron chi connectivity index (χ3n) is 11.7. The van der Waals surface area contributed by atoms with Crippen LogP contribution in [0.25, 0.3) is 0 Å². The van der Waals surface area contributed by atoms with Gasteiger partial charge in [0.15, 0.2) is 11.6 Å². The predicted molar refractivity (Wildman–Crippen MR) is 257 cm³/mol. The summed E-state index contributed by atoms with van der Waals surface area (Å²) in [5.41, 5.74) is 23.6. The molecule has 0 spiro atoms. The molecule has 0 aromatic carbocycles. The molecule has 1 saturated heterocycles. The first-order chi connectivity index (χ1) is 31.7. The smallest absolute Gasteiger partial charge is 0.243 e. The number of amides is 7. The molecular formula is C47H87N11O9. The Morgan fingerprint density at radius 2 is 1.01 bits per heavy atom. The van der Waals surface area contributed by atoms with Gasteiger partial charge in [-0.25, -0.2) is 0 Å². The standard InChI is InChI=1S/C47H87N11O9/c1-8-9-10-11-12-13-41(61)53-38(27-51)40(60)25-31-17-21-52-44(64)36(23-29(4)5)58-46(66)35(16-20-50)55-45(65)34(15-19-49)56-47(67)37(24-30(6)7)57-43(63)32(22-28(2)3)26-39(59)33(14-18-48)54-42(31)62/h28-38H,8-27,48-51H2,1-7H3,(H,52,64)(H,53,61)(H,54,62)(H,55,65)(H,56,67)(H,57,63)(H,58,66)/t31-,32+,33+,34+,35+,36+,37+,38-/m1/s1. The first-order valence-corrected chi connectivity index (χ1v) is 24.7. The van der Waals surface area contributed by atoms with Crippen molar-refractivity contribution in [3.05, 3.63) is 0 Å². The van der Waals surface area contributed by atoms with Gasteiger partial charge in [0, 0.05) is 44.2 Å². The number of hydrogen-bond acceptors (Lipinski definition) is 13. The summed E-state index contributed by atoms with van der Waals surface area (Å²) in [6, 6.07) is -6.90. The molecule has 0 aromatic heterocycles.